The molecule has 0 spiro atoms. The van der Waals surface area contributed by atoms with Crippen LogP contribution >= 0.6 is 11.6 Å². The van der Waals surface area contributed by atoms with Gasteiger partial charge < -0.3 is 4.74 Å². The van der Waals surface area contributed by atoms with Crippen molar-refractivity contribution in [2.24, 2.45) is 11.8 Å². The summed E-state index contributed by atoms with van der Waals surface area (Å²) in [5.41, 5.74) is 0. The summed E-state index contributed by atoms with van der Waals surface area (Å²) in [4.78, 5) is 22.7. The minimum absolute atomic E-state index is 0.0563. The van der Waals surface area contributed by atoms with Gasteiger partial charge in [0.15, 0.2) is 0 Å². The second-order valence-corrected chi connectivity index (χ2v) is 4.68. The fourth-order valence-electron chi connectivity index (χ4n) is 2.43. The second-order valence-electron chi connectivity index (χ2n) is 4.37. The van der Waals surface area contributed by atoms with Gasteiger partial charge in [-0.2, -0.15) is 0 Å². The molecule has 0 amide bonds. The molecule has 0 unspecified atom stereocenters. The predicted octanol–water partition coefficient (Wildman–Crippen LogP) is 2.08. The molecule has 1 aliphatic carbocycles. The van der Waals surface area contributed by atoms with Gasteiger partial charge in [0.2, 0.25) is 0 Å². The molecule has 2 fully saturated rings. The lowest BCUT2D eigenvalue weighted by Gasteiger charge is -2.31. The van der Waals surface area contributed by atoms with Crippen LogP contribution in [0.1, 0.15) is 25.7 Å². The van der Waals surface area contributed by atoms with E-state index in [-0.39, 0.29) is 29.7 Å². The lowest BCUT2D eigenvalue weighted by Crippen LogP contribution is -2.36. The van der Waals surface area contributed by atoms with E-state index in [9.17, 15) is 9.59 Å². The summed E-state index contributed by atoms with van der Waals surface area (Å²) >= 11 is 5.53. The Kier molecular flexibility index (Phi) is 3.64. The van der Waals surface area contributed by atoms with Gasteiger partial charge in [-0.15, -0.1) is 11.6 Å². The first-order chi connectivity index (χ1) is 7.72. The number of ketones is 1. The number of hydrogen-bond donors (Lipinski definition) is 0. The Labute approximate surface area is 99.8 Å². The number of halogens is 1. The number of allylic oxidation sites excluding steroid dienone is 1. The van der Waals surface area contributed by atoms with Crippen molar-refractivity contribution in [2.45, 2.75) is 31.8 Å². The molecule has 0 N–H and O–H groups in total. The molecule has 3 atom stereocenters. The zero-order chi connectivity index (χ0) is 11.5. The summed E-state index contributed by atoms with van der Waals surface area (Å²) in [7, 11) is 0. The van der Waals surface area contributed by atoms with Crippen LogP contribution in [0, 0.1) is 11.8 Å². The molecule has 16 heavy (non-hydrogen) atoms. The van der Waals surface area contributed by atoms with Gasteiger partial charge in [-0.25, -0.2) is 0 Å². The maximum Gasteiger partial charge on any atom is 0.306 e. The van der Waals surface area contributed by atoms with Crippen LogP contribution in [0.25, 0.3) is 0 Å². The van der Waals surface area contributed by atoms with Crippen molar-refractivity contribution in [3.63, 3.8) is 0 Å². The Morgan fingerprint density at radius 1 is 1.38 bits per heavy atom. The van der Waals surface area contributed by atoms with Crippen LogP contribution < -0.4 is 0 Å². The third kappa shape index (κ3) is 2.29. The third-order valence-electron chi connectivity index (χ3n) is 3.42. The van der Waals surface area contributed by atoms with E-state index in [0.29, 0.717) is 25.1 Å². The molecule has 4 heteroatoms. The first kappa shape index (κ1) is 11.6. The first-order valence-corrected chi connectivity index (χ1v) is 6.19. The lowest BCUT2D eigenvalue weighted by molar-refractivity contribution is -0.142. The van der Waals surface area contributed by atoms with E-state index in [0.717, 1.165) is 6.42 Å². The number of esters is 1. The van der Waals surface area contributed by atoms with Gasteiger partial charge in [0.25, 0.3) is 0 Å². The molecule has 0 bridgehead atoms. The van der Waals surface area contributed by atoms with Crippen LogP contribution in [0.5, 0.6) is 0 Å². The minimum atomic E-state index is -0.172. The monoisotopic (exact) mass is 242 g/mol. The highest BCUT2D eigenvalue weighted by atomic mass is 35.5. The van der Waals surface area contributed by atoms with E-state index in [4.69, 9.17) is 16.3 Å². The average Bonchev–Trinajstić information content (AvgIpc) is 2.58. The number of hydrogen-bond acceptors (Lipinski definition) is 3. The molecule has 88 valence electrons. The number of carbonyl (C=O) groups excluding carboxylic acids is 2. The van der Waals surface area contributed by atoms with Gasteiger partial charge >= 0.3 is 5.97 Å². The molecule has 0 radical (unpaired) electrons. The molecule has 0 aromatic heterocycles. The van der Waals surface area contributed by atoms with Gasteiger partial charge in [-0.05, 0) is 6.42 Å². The Morgan fingerprint density at radius 3 is 2.75 bits per heavy atom. The lowest BCUT2D eigenvalue weighted by atomic mass is 9.71. The van der Waals surface area contributed by atoms with E-state index >= 15 is 0 Å². The summed E-state index contributed by atoms with van der Waals surface area (Å²) in [5, 5.41) is 0. The molecular formula is C12H15ClO3. The standard InChI is InChI=1S/C12H15ClO3/c13-6-2-1-3-11-9(7-12(15)16-11)8-4-5-10(8)14/h1-2,8-9,11H,3-7H2/b2-1+/t8-,9+,11+/m0/s1. The SMILES string of the molecule is O=C1C[C@H]([C@@H]2CCC2=O)[C@@H](C/C=C/CCl)O1. The Balaban J connectivity index is 1.96. The number of carbonyl (C=O) groups is 2. The maximum absolute atomic E-state index is 11.4. The average molecular weight is 243 g/mol. The van der Waals surface area contributed by atoms with E-state index in [2.05, 4.69) is 0 Å². The molecule has 0 aromatic carbocycles. The zero-order valence-corrected chi connectivity index (χ0v) is 9.78. The summed E-state index contributed by atoms with van der Waals surface area (Å²) in [6, 6.07) is 0. The van der Waals surface area contributed by atoms with Crippen molar-refractivity contribution in [2.75, 3.05) is 5.88 Å². The summed E-state index contributed by atoms with van der Waals surface area (Å²) in [6.07, 6.45) is 6.29. The Bertz CT molecular complexity index is 324. The predicted molar refractivity (Wildman–Crippen MR) is 60.2 cm³/mol. The summed E-state index contributed by atoms with van der Waals surface area (Å²) in [5.74, 6) is 0.728. The van der Waals surface area contributed by atoms with Crippen LogP contribution in [0.2, 0.25) is 0 Å². The highest BCUT2D eigenvalue weighted by molar-refractivity contribution is 6.18. The molecule has 1 aliphatic heterocycles. The van der Waals surface area contributed by atoms with Crippen LogP contribution in [0.3, 0.4) is 0 Å². The normalized spacial score (nSPS) is 34.2. The second kappa shape index (κ2) is 5.00. The van der Waals surface area contributed by atoms with E-state index in [1.165, 1.54) is 0 Å². The first-order valence-electron chi connectivity index (χ1n) is 5.65. The molecule has 1 heterocycles. The smallest absolute Gasteiger partial charge is 0.306 e. The van der Waals surface area contributed by atoms with E-state index in [1.54, 1.807) is 0 Å². The van der Waals surface area contributed by atoms with Gasteiger partial charge in [0.05, 0.1) is 6.42 Å². The van der Waals surface area contributed by atoms with Crippen molar-refractivity contribution in [3.05, 3.63) is 12.2 Å². The van der Waals surface area contributed by atoms with E-state index in [1.807, 2.05) is 12.2 Å². The van der Waals surface area contributed by atoms with Crippen molar-refractivity contribution >= 4 is 23.4 Å². The number of ether oxygens (including phenoxy) is 1. The molecular weight excluding hydrogens is 228 g/mol. The highest BCUT2D eigenvalue weighted by Gasteiger charge is 2.45. The molecule has 1 saturated heterocycles. The molecule has 1 saturated carbocycles. The number of Topliss-reactive ketones (excluding diaryl/α,β-unsaturated/α-hetero) is 1. The van der Waals surface area contributed by atoms with Crippen molar-refractivity contribution in [3.8, 4) is 0 Å². The largest absolute Gasteiger partial charge is 0.462 e. The zero-order valence-electron chi connectivity index (χ0n) is 9.02. The fraction of sp³-hybridized carbons (Fsp3) is 0.667. The Hall–Kier alpha value is -0.830. The highest BCUT2D eigenvalue weighted by Crippen LogP contribution is 2.39. The van der Waals surface area contributed by atoms with Gasteiger partial charge in [0.1, 0.15) is 11.9 Å². The minimum Gasteiger partial charge on any atom is -0.462 e. The van der Waals surface area contributed by atoms with Crippen molar-refractivity contribution < 1.29 is 14.3 Å². The van der Waals surface area contributed by atoms with Gasteiger partial charge in [-0.1, -0.05) is 12.2 Å². The van der Waals surface area contributed by atoms with Crippen LogP contribution in [-0.2, 0) is 14.3 Å². The molecule has 2 rings (SSSR count). The molecule has 0 aromatic rings. The summed E-state index contributed by atoms with van der Waals surface area (Å²) in [6.45, 7) is 0. The number of cyclic esters (lactones) is 1. The van der Waals surface area contributed by atoms with Crippen molar-refractivity contribution in [1.29, 1.82) is 0 Å². The molecule has 2 aliphatic rings. The quantitative estimate of drug-likeness (QED) is 0.431. The van der Waals surface area contributed by atoms with Crippen LogP contribution in [-0.4, -0.2) is 23.7 Å². The Morgan fingerprint density at radius 2 is 2.19 bits per heavy atom. The maximum atomic E-state index is 11.4. The van der Waals surface area contributed by atoms with Gasteiger partial charge in [0, 0.05) is 30.6 Å². The third-order valence-corrected chi connectivity index (χ3v) is 3.60. The molecule has 3 nitrogen and oxygen atoms in total. The number of alkyl halides is 1. The fourth-order valence-corrected chi connectivity index (χ4v) is 2.55. The van der Waals surface area contributed by atoms with Crippen LogP contribution in [0.15, 0.2) is 12.2 Å². The van der Waals surface area contributed by atoms with Crippen molar-refractivity contribution in [1.82, 2.24) is 0 Å². The van der Waals surface area contributed by atoms with Crippen LogP contribution in [0.4, 0.5) is 0 Å². The summed E-state index contributed by atoms with van der Waals surface area (Å²) < 4.78 is 5.24. The van der Waals surface area contributed by atoms with E-state index < -0.39 is 0 Å². The topological polar surface area (TPSA) is 43.4 Å². The van der Waals surface area contributed by atoms with Gasteiger partial charge in [-0.3, -0.25) is 9.59 Å². The number of rotatable bonds is 4.